The second-order valence-corrected chi connectivity index (χ2v) is 9.28. The average molecular weight is 381 g/mol. The summed E-state index contributed by atoms with van der Waals surface area (Å²) in [6.45, 7) is 6.17. The Morgan fingerprint density at radius 3 is 2.42 bits per heavy atom. The second kappa shape index (κ2) is 7.75. The van der Waals surface area contributed by atoms with Crippen molar-refractivity contribution in [3.8, 4) is 0 Å². The summed E-state index contributed by atoms with van der Waals surface area (Å²) in [5.41, 5.74) is 1.20. The average Bonchev–Trinajstić information content (AvgIpc) is 2.94. The van der Waals surface area contributed by atoms with Crippen molar-refractivity contribution in [2.24, 2.45) is 5.92 Å². The molecule has 1 fully saturated rings. The van der Waals surface area contributed by atoms with Gasteiger partial charge in [0.1, 0.15) is 6.04 Å². The van der Waals surface area contributed by atoms with E-state index >= 15 is 0 Å². The van der Waals surface area contributed by atoms with Crippen molar-refractivity contribution < 1.29 is 18.0 Å². The van der Waals surface area contributed by atoms with Gasteiger partial charge in [0.15, 0.2) is 0 Å². The smallest absolute Gasteiger partial charge is 0.247 e. The van der Waals surface area contributed by atoms with Gasteiger partial charge in [0, 0.05) is 32.7 Å². The summed E-state index contributed by atoms with van der Waals surface area (Å²) in [7, 11) is -0.676. The van der Waals surface area contributed by atoms with Crippen LogP contribution in [0.5, 0.6) is 0 Å². The number of hydrogen-bond acceptors (Lipinski definition) is 4. The zero-order chi connectivity index (χ0) is 19.6. The number of sulfonamides is 1. The molecule has 26 heavy (non-hydrogen) atoms. The van der Waals surface area contributed by atoms with Crippen molar-refractivity contribution in [3.05, 3.63) is 23.8 Å². The minimum atomic E-state index is -3.60. The highest BCUT2D eigenvalue weighted by Gasteiger charge is 2.35. The van der Waals surface area contributed by atoms with Gasteiger partial charge >= 0.3 is 0 Å². The van der Waals surface area contributed by atoms with Gasteiger partial charge in [-0.3, -0.25) is 9.59 Å². The number of hydrogen-bond donors (Lipinski definition) is 1. The van der Waals surface area contributed by atoms with Gasteiger partial charge in [-0.05, 0) is 37.0 Å². The van der Waals surface area contributed by atoms with Gasteiger partial charge in [0.25, 0.3) is 0 Å². The van der Waals surface area contributed by atoms with E-state index in [9.17, 15) is 18.0 Å². The summed E-state index contributed by atoms with van der Waals surface area (Å²) in [4.78, 5) is 26.7. The van der Waals surface area contributed by atoms with E-state index in [1.807, 2.05) is 13.8 Å². The lowest BCUT2D eigenvalue weighted by Crippen LogP contribution is -2.48. The first kappa shape index (κ1) is 20.4. The molecule has 1 aromatic carbocycles. The fraction of sp³-hybridized carbons (Fsp3) is 0.556. The van der Waals surface area contributed by atoms with Crippen molar-refractivity contribution in [3.63, 3.8) is 0 Å². The van der Waals surface area contributed by atoms with Crippen molar-refractivity contribution in [2.45, 2.75) is 44.6 Å². The summed E-state index contributed by atoms with van der Waals surface area (Å²) in [5.74, 6) is -0.358. The Balaban J connectivity index is 2.31. The number of nitrogens with one attached hydrogen (secondary N) is 1. The van der Waals surface area contributed by atoms with Crippen molar-refractivity contribution in [1.29, 1.82) is 0 Å². The molecule has 0 aromatic heterocycles. The summed E-state index contributed by atoms with van der Waals surface area (Å²) in [6.07, 6.45) is 1.22. The van der Waals surface area contributed by atoms with Gasteiger partial charge in [-0.15, -0.1) is 0 Å². The molecule has 0 spiro atoms. The molecule has 0 radical (unpaired) electrons. The minimum absolute atomic E-state index is 0.0143. The third-order valence-corrected chi connectivity index (χ3v) is 6.40. The summed E-state index contributed by atoms with van der Waals surface area (Å²) >= 11 is 0. The van der Waals surface area contributed by atoms with Gasteiger partial charge in [-0.1, -0.05) is 19.9 Å². The molecule has 144 valence electrons. The molecule has 1 aliphatic rings. The quantitative estimate of drug-likeness (QED) is 0.814. The van der Waals surface area contributed by atoms with Gasteiger partial charge in [0.05, 0.1) is 4.90 Å². The van der Waals surface area contributed by atoms with Gasteiger partial charge in [0.2, 0.25) is 21.8 Å². The lowest BCUT2D eigenvalue weighted by atomic mass is 10.0. The molecule has 2 rings (SSSR count). The molecule has 0 aliphatic carbocycles. The largest absolute Gasteiger partial charge is 0.330 e. The zero-order valence-corrected chi connectivity index (χ0v) is 16.8. The van der Waals surface area contributed by atoms with Crippen LogP contribution in [0.15, 0.2) is 23.1 Å². The van der Waals surface area contributed by atoms with Crippen LogP contribution in [0.3, 0.4) is 0 Å². The number of carbonyl (C=O) groups excluding carboxylic acids is 2. The number of benzene rings is 1. The van der Waals surface area contributed by atoms with Crippen molar-refractivity contribution in [1.82, 2.24) is 9.21 Å². The van der Waals surface area contributed by atoms with E-state index in [0.29, 0.717) is 18.7 Å². The van der Waals surface area contributed by atoms with Crippen LogP contribution in [-0.2, 0) is 19.6 Å². The molecule has 1 atom stereocenters. The summed E-state index contributed by atoms with van der Waals surface area (Å²) in [5, 5.41) is 2.82. The predicted molar refractivity (Wildman–Crippen MR) is 100 cm³/mol. The molecular weight excluding hydrogens is 354 g/mol. The van der Waals surface area contributed by atoms with Crippen LogP contribution in [0.25, 0.3) is 0 Å². The van der Waals surface area contributed by atoms with E-state index in [-0.39, 0.29) is 22.6 Å². The first-order chi connectivity index (χ1) is 12.1. The van der Waals surface area contributed by atoms with E-state index in [4.69, 9.17) is 0 Å². The van der Waals surface area contributed by atoms with Crippen LogP contribution in [-0.4, -0.2) is 56.1 Å². The third-order valence-electron chi connectivity index (χ3n) is 4.59. The Morgan fingerprint density at radius 1 is 1.27 bits per heavy atom. The number of nitrogens with zero attached hydrogens (tertiary/aromatic N) is 2. The number of anilines is 1. The Kier molecular flexibility index (Phi) is 6.08. The molecule has 1 saturated heterocycles. The molecule has 1 aliphatic heterocycles. The molecule has 1 N–H and O–H groups in total. The topological polar surface area (TPSA) is 86.8 Å². The van der Waals surface area contributed by atoms with Crippen LogP contribution < -0.4 is 5.32 Å². The summed E-state index contributed by atoms with van der Waals surface area (Å²) < 4.78 is 25.8. The summed E-state index contributed by atoms with van der Waals surface area (Å²) in [6, 6.07) is 4.08. The normalized spacial score (nSPS) is 16.4. The highest BCUT2D eigenvalue weighted by atomic mass is 32.2. The molecule has 1 heterocycles. The van der Waals surface area contributed by atoms with E-state index < -0.39 is 16.1 Å². The van der Waals surface area contributed by atoms with Crippen LogP contribution in [0, 0.1) is 12.8 Å². The Morgan fingerprint density at radius 2 is 1.92 bits per heavy atom. The molecule has 7 nitrogen and oxygen atoms in total. The standard InChI is InChI=1S/C18H27N3O4S/c1-12(2)17(21-10-6-7-16(21)22)18(23)19-15-11-14(9-8-13(15)3)26(24,25)20(4)5/h8-9,11-12,17H,6-7,10H2,1-5H3,(H,19,23)/t17-/m1/s1. The molecule has 0 unspecified atom stereocenters. The number of aryl methyl sites for hydroxylation is 1. The molecule has 1 aromatic rings. The molecule has 8 heteroatoms. The van der Waals surface area contributed by atoms with Crippen LogP contribution in [0.4, 0.5) is 5.69 Å². The number of rotatable bonds is 6. The predicted octanol–water partition coefficient (Wildman–Crippen LogP) is 1.83. The van der Waals surface area contributed by atoms with E-state index in [1.54, 1.807) is 17.9 Å². The maximum Gasteiger partial charge on any atom is 0.247 e. The van der Waals surface area contributed by atoms with E-state index in [0.717, 1.165) is 16.3 Å². The van der Waals surface area contributed by atoms with Crippen molar-refractivity contribution >= 4 is 27.5 Å². The third kappa shape index (κ3) is 4.07. The fourth-order valence-electron chi connectivity index (χ4n) is 3.08. The number of amides is 2. The van der Waals surface area contributed by atoms with E-state index in [2.05, 4.69) is 5.32 Å². The van der Waals surface area contributed by atoms with Gasteiger partial charge in [-0.2, -0.15) is 0 Å². The molecule has 2 amide bonds. The Hall–Kier alpha value is -1.93. The van der Waals surface area contributed by atoms with Crippen molar-refractivity contribution in [2.75, 3.05) is 26.0 Å². The molecule has 0 bridgehead atoms. The number of carbonyl (C=O) groups is 2. The van der Waals surface area contributed by atoms with Gasteiger partial charge < -0.3 is 10.2 Å². The minimum Gasteiger partial charge on any atom is -0.330 e. The maximum absolute atomic E-state index is 12.9. The molecule has 0 saturated carbocycles. The lowest BCUT2D eigenvalue weighted by molar-refractivity contribution is -0.136. The fourth-order valence-corrected chi connectivity index (χ4v) is 4.01. The SMILES string of the molecule is Cc1ccc(S(=O)(=O)N(C)C)cc1NC(=O)[C@@H](C(C)C)N1CCCC1=O. The van der Waals surface area contributed by atoms with Crippen LogP contribution >= 0.6 is 0 Å². The Labute approximate surface area is 155 Å². The maximum atomic E-state index is 12.9. The first-order valence-electron chi connectivity index (χ1n) is 8.69. The highest BCUT2D eigenvalue weighted by Crippen LogP contribution is 2.25. The van der Waals surface area contributed by atoms with Crippen LogP contribution in [0.1, 0.15) is 32.3 Å². The van der Waals surface area contributed by atoms with E-state index in [1.165, 1.54) is 26.2 Å². The Bertz CT molecular complexity index is 803. The number of likely N-dealkylation sites (tertiary alicyclic amines) is 1. The first-order valence-corrected chi connectivity index (χ1v) is 10.1. The van der Waals surface area contributed by atoms with Gasteiger partial charge in [-0.25, -0.2) is 12.7 Å². The highest BCUT2D eigenvalue weighted by molar-refractivity contribution is 7.89. The second-order valence-electron chi connectivity index (χ2n) is 7.13. The lowest BCUT2D eigenvalue weighted by Gasteiger charge is -2.30. The van der Waals surface area contributed by atoms with Crippen LogP contribution in [0.2, 0.25) is 0 Å². The zero-order valence-electron chi connectivity index (χ0n) is 15.9. The monoisotopic (exact) mass is 381 g/mol. The molecular formula is C18H27N3O4S.